The van der Waals surface area contributed by atoms with E-state index in [0.717, 1.165) is 47.9 Å². The number of nitrogens with zero attached hydrogens (tertiary/aromatic N) is 3. The van der Waals surface area contributed by atoms with Crippen molar-refractivity contribution in [1.82, 2.24) is 14.4 Å². The number of hydrogen-bond acceptors (Lipinski definition) is 4. The molecule has 2 aromatic heterocycles. The van der Waals surface area contributed by atoms with Crippen molar-refractivity contribution in [2.24, 2.45) is 5.92 Å². The number of imidazole rings is 1. The average Bonchev–Trinajstić information content (AvgIpc) is 3.46. The zero-order valence-corrected chi connectivity index (χ0v) is 20.2. The van der Waals surface area contributed by atoms with Gasteiger partial charge in [0.25, 0.3) is 0 Å². The molecule has 5 rings (SSSR count). The molecule has 0 aliphatic heterocycles. The molecule has 2 fully saturated rings. The first kappa shape index (κ1) is 26.8. The van der Waals surface area contributed by atoms with Gasteiger partial charge < -0.3 is 0 Å². The molecule has 0 N–H and O–H groups in total. The maximum Gasteiger partial charge on any atom is 0.166 e. The minimum atomic E-state index is -1.99. The van der Waals surface area contributed by atoms with E-state index in [1.54, 1.807) is 12.5 Å². The molecule has 178 valence electrons. The van der Waals surface area contributed by atoms with E-state index >= 15 is 0 Å². The van der Waals surface area contributed by atoms with E-state index in [1.165, 1.54) is 42.4 Å². The summed E-state index contributed by atoms with van der Waals surface area (Å²) in [4.78, 5) is 20.7. The van der Waals surface area contributed by atoms with Crippen LogP contribution in [0.3, 0.4) is 0 Å². The molecule has 2 saturated carbocycles. The molecular weight excluding hydrogens is 486 g/mol. The predicted molar refractivity (Wildman–Crippen MR) is 141 cm³/mol. The molecule has 0 spiro atoms. The van der Waals surface area contributed by atoms with Gasteiger partial charge in [0, 0.05) is 46.8 Å². The van der Waals surface area contributed by atoms with Crippen molar-refractivity contribution in [1.29, 1.82) is 0 Å². The van der Waals surface area contributed by atoms with Crippen LogP contribution in [0.4, 0.5) is 0 Å². The standard InChI is InChI=1S/C14H14BrN3.C9H16O2S.2CH4/c15-10-5-6-11-14(10)18-8-12(9-3-1-2-4-9)17-13(18)7-16-11;1-12(2,11)7-9(10)8-5-3-4-6-8;;/h5,7-9H,1-4,6H2;7-8H,3-6H2,1-2H3;2*1H4. The van der Waals surface area contributed by atoms with Crippen LogP contribution in [0.1, 0.15) is 89.2 Å². The summed E-state index contributed by atoms with van der Waals surface area (Å²) in [7, 11) is -1.99. The highest BCUT2D eigenvalue weighted by Crippen LogP contribution is 2.36. The summed E-state index contributed by atoms with van der Waals surface area (Å²) in [5, 5.41) is 1.42. The van der Waals surface area contributed by atoms with Crippen LogP contribution in [0.5, 0.6) is 0 Å². The average molecular weight is 525 g/mol. The zero-order valence-electron chi connectivity index (χ0n) is 17.8. The fourth-order valence-corrected chi connectivity index (χ4v) is 6.04. The summed E-state index contributed by atoms with van der Waals surface area (Å²) < 4.78 is 14.6. The van der Waals surface area contributed by atoms with Gasteiger partial charge in [0.05, 0.1) is 23.3 Å². The van der Waals surface area contributed by atoms with Crippen LogP contribution >= 0.6 is 15.9 Å². The molecule has 0 amide bonds. The number of carbonyl (C=O) groups is 1. The largest absolute Gasteiger partial charge is 0.296 e. The van der Waals surface area contributed by atoms with Gasteiger partial charge in [-0.2, -0.15) is 0 Å². The first-order chi connectivity index (χ1) is 14.3. The number of allylic oxidation sites excluding steroid dienone is 1. The van der Waals surface area contributed by atoms with Crippen molar-refractivity contribution in [2.45, 2.75) is 78.6 Å². The van der Waals surface area contributed by atoms with E-state index in [4.69, 9.17) is 4.98 Å². The monoisotopic (exact) mass is 523 g/mol. The predicted octanol–water partition coefficient (Wildman–Crippen LogP) is 6.04. The first-order valence-electron chi connectivity index (χ1n) is 10.9. The van der Waals surface area contributed by atoms with Gasteiger partial charge in [-0.05, 0) is 51.1 Å². The van der Waals surface area contributed by atoms with E-state index in [9.17, 15) is 9.00 Å². The summed E-state index contributed by atoms with van der Waals surface area (Å²) in [5.74, 6) is 0.929. The molecule has 32 heavy (non-hydrogen) atoms. The lowest BCUT2D eigenvalue weighted by atomic mass is 10.0. The Hall–Kier alpha value is -1.47. The maximum atomic E-state index is 11.4. The van der Waals surface area contributed by atoms with Crippen LogP contribution in [0.25, 0.3) is 10.1 Å². The van der Waals surface area contributed by atoms with E-state index in [-0.39, 0.29) is 26.6 Å². The minimum absolute atomic E-state index is 0. The summed E-state index contributed by atoms with van der Waals surface area (Å²) in [5.41, 5.74) is 4.55. The van der Waals surface area contributed by atoms with Gasteiger partial charge >= 0.3 is 0 Å². The number of rotatable bonds is 3. The van der Waals surface area contributed by atoms with Crippen molar-refractivity contribution in [3.63, 3.8) is 0 Å². The Labute approximate surface area is 202 Å². The first-order valence-corrected chi connectivity index (χ1v) is 14.1. The zero-order chi connectivity index (χ0) is 21.3. The Bertz CT molecular complexity index is 1090. The Balaban J connectivity index is 0.000000231. The third kappa shape index (κ3) is 6.10. The van der Waals surface area contributed by atoms with Crippen LogP contribution in [0, 0.1) is 5.92 Å². The molecule has 0 aromatic carbocycles. The number of carbonyl (C=O) groups excluding carboxylic acids is 1. The SMILES string of the molecule is BrC1=CCc2ncc3nc(C4CCCC4)cn3c21.C.C.CS(C)(=O)=CC(=O)C1CCCC1. The van der Waals surface area contributed by atoms with E-state index in [0.29, 0.717) is 5.92 Å². The van der Waals surface area contributed by atoms with Crippen LogP contribution in [-0.2, 0) is 20.7 Å². The highest BCUT2D eigenvalue weighted by atomic mass is 79.9. The van der Waals surface area contributed by atoms with Crippen molar-refractivity contribution < 1.29 is 9.00 Å². The molecule has 5 nitrogen and oxygen atoms in total. The van der Waals surface area contributed by atoms with Crippen molar-refractivity contribution >= 4 is 46.7 Å². The number of aromatic nitrogens is 3. The fourth-order valence-electron chi connectivity index (χ4n) is 4.71. The fraction of sp³-hybridized carbons (Fsp3) is 0.600. The summed E-state index contributed by atoms with van der Waals surface area (Å²) in [6.07, 6.45) is 20.0. The van der Waals surface area contributed by atoms with Crippen LogP contribution in [0.2, 0.25) is 0 Å². The second kappa shape index (κ2) is 11.1. The van der Waals surface area contributed by atoms with Gasteiger partial charge in [-0.25, -0.2) is 4.98 Å². The molecule has 0 atom stereocenters. The second-order valence-corrected chi connectivity index (χ2v) is 12.7. The Morgan fingerprint density at radius 3 is 2.38 bits per heavy atom. The molecule has 0 unspecified atom stereocenters. The van der Waals surface area contributed by atoms with Gasteiger partial charge in [0.2, 0.25) is 0 Å². The lowest BCUT2D eigenvalue weighted by molar-refractivity contribution is -0.115. The molecule has 0 bridgehead atoms. The van der Waals surface area contributed by atoms with E-state index < -0.39 is 9.52 Å². The molecule has 0 saturated heterocycles. The van der Waals surface area contributed by atoms with E-state index in [2.05, 4.69) is 37.6 Å². The number of hydrogen-bond donors (Lipinski definition) is 0. The van der Waals surface area contributed by atoms with Crippen LogP contribution < -0.4 is 0 Å². The number of Topliss-reactive ketones (excluding diaryl/α,β-unsaturated/α-hetero) is 1. The van der Waals surface area contributed by atoms with Gasteiger partial charge in [0.15, 0.2) is 11.4 Å². The normalized spacial score (nSPS) is 18.3. The van der Waals surface area contributed by atoms with Gasteiger partial charge in [-0.1, -0.05) is 46.6 Å². The number of ketones is 1. The molecule has 3 aliphatic rings. The highest BCUT2D eigenvalue weighted by molar-refractivity contribution is 9.15. The van der Waals surface area contributed by atoms with Gasteiger partial charge in [-0.3, -0.25) is 18.4 Å². The van der Waals surface area contributed by atoms with Crippen LogP contribution in [-0.4, -0.2) is 42.2 Å². The number of fused-ring (bicyclic) bond motifs is 3. The second-order valence-electron chi connectivity index (χ2n) is 9.00. The lowest BCUT2D eigenvalue weighted by Crippen LogP contribution is -2.16. The van der Waals surface area contributed by atoms with Crippen molar-refractivity contribution in [2.75, 3.05) is 12.5 Å². The molecule has 2 aromatic rings. The molecule has 2 heterocycles. The number of halogens is 1. The third-order valence-electron chi connectivity index (χ3n) is 6.23. The van der Waals surface area contributed by atoms with Crippen LogP contribution in [0.15, 0.2) is 18.5 Å². The molecule has 7 heteroatoms. The molecule has 3 aliphatic carbocycles. The Kier molecular flexibility index (Phi) is 9.29. The molecular formula is C25H38BrN3O2S. The summed E-state index contributed by atoms with van der Waals surface area (Å²) in [6.45, 7) is 0. The topological polar surface area (TPSA) is 64.3 Å². The minimum Gasteiger partial charge on any atom is -0.296 e. The summed E-state index contributed by atoms with van der Waals surface area (Å²) in [6, 6.07) is 0. The molecule has 0 radical (unpaired) electrons. The van der Waals surface area contributed by atoms with E-state index in [1.807, 2.05) is 6.20 Å². The van der Waals surface area contributed by atoms with Gasteiger partial charge in [-0.15, -0.1) is 0 Å². The van der Waals surface area contributed by atoms with Crippen molar-refractivity contribution in [3.8, 4) is 0 Å². The Morgan fingerprint density at radius 1 is 1.12 bits per heavy atom. The highest BCUT2D eigenvalue weighted by Gasteiger charge is 2.23. The summed E-state index contributed by atoms with van der Waals surface area (Å²) >= 11 is 3.62. The lowest BCUT2D eigenvalue weighted by Gasteiger charge is -2.03. The quantitative estimate of drug-likeness (QED) is 0.459. The third-order valence-corrected chi connectivity index (χ3v) is 7.73. The van der Waals surface area contributed by atoms with Crippen molar-refractivity contribution in [3.05, 3.63) is 35.6 Å². The van der Waals surface area contributed by atoms with Gasteiger partial charge in [0.1, 0.15) is 0 Å². The smallest absolute Gasteiger partial charge is 0.166 e. The Morgan fingerprint density at radius 2 is 1.75 bits per heavy atom. The maximum absolute atomic E-state index is 11.4.